The van der Waals surface area contributed by atoms with Crippen LogP contribution in [0.5, 0.6) is 0 Å². The van der Waals surface area contributed by atoms with Crippen LogP contribution in [0.15, 0.2) is 18.2 Å². The maximum absolute atomic E-state index is 13.0. The fraction of sp³-hybridized carbons (Fsp3) is 0.364. The number of rotatable bonds is 1. The Bertz CT molecular complexity index is 422. The summed E-state index contributed by atoms with van der Waals surface area (Å²) in [6.45, 7) is 1.77. The molecule has 2 rings (SSSR count). The number of amides is 1. The summed E-state index contributed by atoms with van der Waals surface area (Å²) in [6.07, 6.45) is -0.262. The summed E-state index contributed by atoms with van der Waals surface area (Å²) in [4.78, 5) is 11.1. The van der Waals surface area contributed by atoms with E-state index >= 15 is 0 Å². The molecule has 0 unspecified atom stereocenters. The highest BCUT2D eigenvalue weighted by Crippen LogP contribution is 2.23. The first-order valence-electron chi connectivity index (χ1n) is 4.94. The zero-order valence-electron chi connectivity index (χ0n) is 8.67. The lowest BCUT2D eigenvalue weighted by Crippen LogP contribution is -2.44. The zero-order valence-corrected chi connectivity index (χ0v) is 8.67. The highest BCUT2D eigenvalue weighted by atomic mass is 19.2. The third kappa shape index (κ3) is 2.04. The van der Waals surface area contributed by atoms with Crippen LogP contribution in [0.3, 0.4) is 0 Å². The number of morpholine rings is 1. The van der Waals surface area contributed by atoms with Crippen molar-refractivity contribution in [2.45, 2.75) is 19.1 Å². The number of nitrogens with one attached hydrogen (secondary N) is 1. The standard InChI is InChI=1S/C11H11F2NO2/c1-6-11(14-10(15)5-16-6)7-2-3-8(12)9(13)4-7/h2-4,6,11H,5H2,1H3,(H,14,15)/t6-,11+/m0/s1. The third-order valence-corrected chi connectivity index (χ3v) is 2.57. The Balaban J connectivity index is 2.28. The molecule has 5 heteroatoms. The van der Waals surface area contributed by atoms with Gasteiger partial charge in [0.1, 0.15) is 6.61 Å². The quantitative estimate of drug-likeness (QED) is 0.790. The number of carbonyl (C=O) groups is 1. The molecule has 0 bridgehead atoms. The van der Waals surface area contributed by atoms with E-state index in [1.165, 1.54) is 6.07 Å². The largest absolute Gasteiger partial charge is 0.366 e. The molecule has 1 aromatic carbocycles. The average Bonchev–Trinajstić information content (AvgIpc) is 2.26. The maximum Gasteiger partial charge on any atom is 0.246 e. The number of hydrogen-bond donors (Lipinski definition) is 1. The van der Waals surface area contributed by atoms with Gasteiger partial charge in [0.05, 0.1) is 12.1 Å². The first-order valence-corrected chi connectivity index (χ1v) is 4.94. The van der Waals surface area contributed by atoms with Crippen molar-refractivity contribution in [1.29, 1.82) is 0 Å². The van der Waals surface area contributed by atoms with Crippen molar-refractivity contribution in [3.05, 3.63) is 35.4 Å². The highest BCUT2D eigenvalue weighted by molar-refractivity contribution is 5.78. The van der Waals surface area contributed by atoms with Crippen molar-refractivity contribution < 1.29 is 18.3 Å². The van der Waals surface area contributed by atoms with Gasteiger partial charge >= 0.3 is 0 Å². The molecule has 1 aliphatic heterocycles. The van der Waals surface area contributed by atoms with E-state index < -0.39 is 17.7 Å². The molecule has 1 fully saturated rings. The van der Waals surface area contributed by atoms with E-state index in [1.54, 1.807) is 6.92 Å². The van der Waals surface area contributed by atoms with Crippen LogP contribution in [0.1, 0.15) is 18.5 Å². The van der Waals surface area contributed by atoms with Crippen molar-refractivity contribution in [3.8, 4) is 0 Å². The summed E-state index contributed by atoms with van der Waals surface area (Å²) in [5, 5.41) is 2.68. The summed E-state index contributed by atoms with van der Waals surface area (Å²) in [7, 11) is 0. The van der Waals surface area contributed by atoms with Crippen molar-refractivity contribution in [2.75, 3.05) is 6.61 Å². The molecule has 16 heavy (non-hydrogen) atoms. The van der Waals surface area contributed by atoms with Gasteiger partial charge in [0.25, 0.3) is 0 Å². The second-order valence-electron chi connectivity index (χ2n) is 3.73. The molecule has 0 aromatic heterocycles. The highest BCUT2D eigenvalue weighted by Gasteiger charge is 2.27. The van der Waals surface area contributed by atoms with Gasteiger partial charge in [-0.05, 0) is 24.6 Å². The van der Waals surface area contributed by atoms with Gasteiger partial charge in [-0.1, -0.05) is 6.07 Å². The molecule has 1 aliphatic rings. The van der Waals surface area contributed by atoms with Crippen molar-refractivity contribution in [3.63, 3.8) is 0 Å². The van der Waals surface area contributed by atoms with Gasteiger partial charge in [0, 0.05) is 0 Å². The molecule has 0 radical (unpaired) electrons. The SMILES string of the molecule is C[C@@H]1OCC(=O)N[C@H]1c1ccc(F)c(F)c1. The normalized spacial score (nSPS) is 25.3. The summed E-state index contributed by atoms with van der Waals surface area (Å²) in [6, 6.07) is 3.12. The Morgan fingerprint density at radius 3 is 2.81 bits per heavy atom. The minimum atomic E-state index is -0.926. The van der Waals surface area contributed by atoms with E-state index in [-0.39, 0.29) is 18.6 Å². The Labute approximate surface area is 91.4 Å². The molecule has 0 aliphatic carbocycles. The lowest BCUT2D eigenvalue weighted by atomic mass is 10.0. The number of halogens is 2. The van der Waals surface area contributed by atoms with Crippen LogP contribution in [-0.4, -0.2) is 18.6 Å². The second-order valence-corrected chi connectivity index (χ2v) is 3.73. The van der Waals surface area contributed by atoms with E-state index in [0.717, 1.165) is 12.1 Å². The van der Waals surface area contributed by atoms with E-state index in [4.69, 9.17) is 4.74 Å². The number of carbonyl (C=O) groups excluding carboxylic acids is 1. The first kappa shape index (κ1) is 11.0. The minimum Gasteiger partial charge on any atom is -0.366 e. The Kier molecular flexibility index (Phi) is 2.87. The molecule has 3 nitrogen and oxygen atoms in total. The van der Waals surface area contributed by atoms with Crippen LogP contribution < -0.4 is 5.32 Å². The molecule has 1 amide bonds. The molecule has 86 valence electrons. The lowest BCUT2D eigenvalue weighted by molar-refractivity contribution is -0.136. The van der Waals surface area contributed by atoms with Crippen LogP contribution in [0, 0.1) is 11.6 Å². The van der Waals surface area contributed by atoms with Crippen LogP contribution >= 0.6 is 0 Å². The van der Waals surface area contributed by atoms with Crippen LogP contribution in [-0.2, 0) is 9.53 Å². The Hall–Kier alpha value is -1.49. The van der Waals surface area contributed by atoms with Crippen molar-refractivity contribution in [2.24, 2.45) is 0 Å². The van der Waals surface area contributed by atoms with Gasteiger partial charge in [0.2, 0.25) is 5.91 Å². The smallest absolute Gasteiger partial charge is 0.246 e. The number of benzene rings is 1. The fourth-order valence-electron chi connectivity index (χ4n) is 1.70. The molecule has 0 spiro atoms. The van der Waals surface area contributed by atoms with Crippen molar-refractivity contribution >= 4 is 5.91 Å². The van der Waals surface area contributed by atoms with Gasteiger partial charge in [-0.2, -0.15) is 0 Å². The van der Waals surface area contributed by atoms with E-state index in [0.29, 0.717) is 5.56 Å². The topological polar surface area (TPSA) is 38.3 Å². The lowest BCUT2D eigenvalue weighted by Gasteiger charge is -2.30. The van der Waals surface area contributed by atoms with Crippen molar-refractivity contribution in [1.82, 2.24) is 5.32 Å². The molecule has 1 N–H and O–H groups in total. The maximum atomic E-state index is 13.0. The first-order chi connectivity index (χ1) is 7.58. The van der Waals surface area contributed by atoms with E-state index in [1.807, 2.05) is 0 Å². The number of ether oxygens (including phenoxy) is 1. The van der Waals surface area contributed by atoms with Gasteiger partial charge in [0.15, 0.2) is 11.6 Å². The van der Waals surface area contributed by atoms with Crippen LogP contribution in [0.4, 0.5) is 8.78 Å². The van der Waals surface area contributed by atoms with Gasteiger partial charge in [-0.25, -0.2) is 8.78 Å². The summed E-state index contributed by atoms with van der Waals surface area (Å²) in [5.41, 5.74) is 0.499. The number of hydrogen-bond acceptors (Lipinski definition) is 2. The molecule has 1 aromatic rings. The monoisotopic (exact) mass is 227 g/mol. The molecule has 2 atom stereocenters. The average molecular weight is 227 g/mol. The molecular formula is C11H11F2NO2. The van der Waals surface area contributed by atoms with Gasteiger partial charge in [-0.3, -0.25) is 4.79 Å². The zero-order chi connectivity index (χ0) is 11.7. The summed E-state index contributed by atoms with van der Waals surface area (Å²) in [5.74, 6) is -2.09. The minimum absolute atomic E-state index is 0.00133. The summed E-state index contributed by atoms with van der Waals surface area (Å²) < 4.78 is 31.0. The third-order valence-electron chi connectivity index (χ3n) is 2.57. The molecule has 1 saturated heterocycles. The van der Waals surface area contributed by atoms with Gasteiger partial charge < -0.3 is 10.1 Å². The Morgan fingerprint density at radius 1 is 1.38 bits per heavy atom. The Morgan fingerprint density at radius 2 is 2.12 bits per heavy atom. The molecule has 1 heterocycles. The predicted molar refractivity (Wildman–Crippen MR) is 52.7 cm³/mol. The van der Waals surface area contributed by atoms with E-state index in [2.05, 4.69) is 5.32 Å². The van der Waals surface area contributed by atoms with E-state index in [9.17, 15) is 13.6 Å². The second kappa shape index (κ2) is 4.17. The molecular weight excluding hydrogens is 216 g/mol. The fourth-order valence-corrected chi connectivity index (χ4v) is 1.70. The summed E-state index contributed by atoms with van der Waals surface area (Å²) >= 11 is 0. The van der Waals surface area contributed by atoms with Gasteiger partial charge in [-0.15, -0.1) is 0 Å². The predicted octanol–water partition coefficient (Wildman–Crippen LogP) is 1.54. The molecule has 0 saturated carbocycles. The van der Waals surface area contributed by atoms with Crippen LogP contribution in [0.25, 0.3) is 0 Å². The van der Waals surface area contributed by atoms with Crippen LogP contribution in [0.2, 0.25) is 0 Å².